The molecule has 1 aliphatic heterocycles. The predicted octanol–water partition coefficient (Wildman–Crippen LogP) is 3.57. The van der Waals surface area contributed by atoms with E-state index in [2.05, 4.69) is 34.5 Å². The van der Waals surface area contributed by atoms with Crippen LogP contribution < -0.4 is 5.32 Å². The third kappa shape index (κ3) is 4.80. The molecule has 1 N–H and O–H groups in total. The van der Waals surface area contributed by atoms with Gasteiger partial charge in [0.1, 0.15) is 5.01 Å². The van der Waals surface area contributed by atoms with E-state index in [0.717, 1.165) is 24.5 Å². The van der Waals surface area contributed by atoms with E-state index in [0.29, 0.717) is 0 Å². The van der Waals surface area contributed by atoms with Crippen molar-refractivity contribution in [1.82, 2.24) is 15.2 Å². The zero-order valence-electron chi connectivity index (χ0n) is 12.2. The molecule has 1 atom stereocenters. The van der Waals surface area contributed by atoms with E-state index >= 15 is 0 Å². The Labute approximate surface area is 143 Å². The zero-order chi connectivity index (χ0) is 13.1. The first-order valence-electron chi connectivity index (χ1n) is 7.06. The smallest absolute Gasteiger partial charge is 0.108 e. The van der Waals surface area contributed by atoms with Gasteiger partial charge >= 0.3 is 0 Å². The van der Waals surface area contributed by atoms with Gasteiger partial charge in [-0.1, -0.05) is 12.1 Å². The molecule has 6 heteroatoms. The van der Waals surface area contributed by atoms with Crippen molar-refractivity contribution >= 4 is 46.4 Å². The van der Waals surface area contributed by atoms with E-state index in [9.17, 15) is 0 Å². The Morgan fingerprint density at radius 3 is 2.90 bits per heavy atom. The summed E-state index contributed by atoms with van der Waals surface area (Å²) < 4.78 is 1.31. The molecule has 0 saturated carbocycles. The lowest BCUT2D eigenvalue weighted by molar-refractivity contribution is 0.167. The van der Waals surface area contributed by atoms with Crippen molar-refractivity contribution in [3.63, 3.8) is 0 Å². The fourth-order valence-electron chi connectivity index (χ4n) is 2.93. The number of likely N-dealkylation sites (tertiary alicyclic amines) is 1. The predicted molar refractivity (Wildman–Crippen MR) is 96.0 cm³/mol. The summed E-state index contributed by atoms with van der Waals surface area (Å²) in [6.45, 7) is 4.57. The maximum absolute atomic E-state index is 4.74. The van der Waals surface area contributed by atoms with Gasteiger partial charge in [0, 0.05) is 6.54 Å². The summed E-state index contributed by atoms with van der Waals surface area (Å²) in [6.07, 6.45) is 2.68. The highest BCUT2D eigenvalue weighted by atomic mass is 35.5. The van der Waals surface area contributed by atoms with E-state index in [4.69, 9.17) is 4.98 Å². The van der Waals surface area contributed by atoms with Crippen LogP contribution in [0.15, 0.2) is 24.3 Å². The second-order valence-electron chi connectivity index (χ2n) is 5.38. The maximum Gasteiger partial charge on any atom is 0.108 e. The van der Waals surface area contributed by atoms with Gasteiger partial charge in [-0.05, 0) is 51.0 Å². The van der Waals surface area contributed by atoms with Crippen molar-refractivity contribution in [1.29, 1.82) is 0 Å². The molecule has 1 saturated heterocycles. The minimum absolute atomic E-state index is 0. The van der Waals surface area contributed by atoms with Gasteiger partial charge < -0.3 is 5.32 Å². The van der Waals surface area contributed by atoms with Crippen LogP contribution in [0.25, 0.3) is 10.2 Å². The second kappa shape index (κ2) is 8.91. The second-order valence-corrected chi connectivity index (χ2v) is 6.49. The first-order valence-corrected chi connectivity index (χ1v) is 7.88. The van der Waals surface area contributed by atoms with Crippen molar-refractivity contribution in [2.45, 2.75) is 19.4 Å². The molecule has 3 rings (SSSR count). The number of benzene rings is 1. The van der Waals surface area contributed by atoms with Crippen molar-refractivity contribution in [2.24, 2.45) is 5.92 Å². The summed E-state index contributed by atoms with van der Waals surface area (Å²) in [5, 5.41) is 4.56. The van der Waals surface area contributed by atoms with Crippen LogP contribution in [0.3, 0.4) is 0 Å². The van der Waals surface area contributed by atoms with Gasteiger partial charge in [0.05, 0.1) is 16.8 Å². The highest BCUT2D eigenvalue weighted by molar-refractivity contribution is 7.18. The third-order valence-corrected chi connectivity index (χ3v) is 4.81. The molecule has 0 radical (unpaired) electrons. The number of thiazole rings is 1. The number of piperidine rings is 1. The summed E-state index contributed by atoms with van der Waals surface area (Å²) in [4.78, 5) is 7.30. The lowest BCUT2D eigenvalue weighted by atomic mass is 9.98. The van der Waals surface area contributed by atoms with E-state index in [-0.39, 0.29) is 24.8 Å². The Kier molecular flexibility index (Phi) is 7.92. The summed E-state index contributed by atoms with van der Waals surface area (Å²) in [5.41, 5.74) is 1.14. The van der Waals surface area contributed by atoms with Gasteiger partial charge in [-0.2, -0.15) is 0 Å². The van der Waals surface area contributed by atoms with Crippen LogP contribution in [0.5, 0.6) is 0 Å². The van der Waals surface area contributed by atoms with Crippen molar-refractivity contribution in [3.8, 4) is 0 Å². The fraction of sp³-hybridized carbons (Fsp3) is 0.533. The number of para-hydroxylation sites is 1. The molecule has 0 aliphatic carbocycles. The Balaban J connectivity index is 0.00000110. The average molecular weight is 348 g/mol. The van der Waals surface area contributed by atoms with Crippen LogP contribution in [0, 0.1) is 5.92 Å². The molecular formula is C15H23Cl2N3S. The van der Waals surface area contributed by atoms with Crippen molar-refractivity contribution < 1.29 is 0 Å². The molecule has 2 heterocycles. The molecule has 0 amide bonds. The molecule has 0 bridgehead atoms. The first kappa shape index (κ1) is 18.7. The van der Waals surface area contributed by atoms with E-state index in [1.807, 2.05) is 18.4 Å². The lowest BCUT2D eigenvalue weighted by Crippen LogP contribution is -2.38. The van der Waals surface area contributed by atoms with Gasteiger partial charge in [-0.15, -0.1) is 36.2 Å². The maximum atomic E-state index is 4.74. The van der Waals surface area contributed by atoms with Gasteiger partial charge in [-0.25, -0.2) is 4.98 Å². The number of hydrogen-bond donors (Lipinski definition) is 1. The number of nitrogens with zero attached hydrogens (tertiary/aromatic N) is 2. The van der Waals surface area contributed by atoms with Gasteiger partial charge in [0.2, 0.25) is 0 Å². The minimum atomic E-state index is 0. The molecule has 118 valence electrons. The summed E-state index contributed by atoms with van der Waals surface area (Å²) in [7, 11) is 2.05. The summed E-state index contributed by atoms with van der Waals surface area (Å²) in [6, 6.07) is 8.43. The molecule has 21 heavy (non-hydrogen) atoms. The largest absolute Gasteiger partial charge is 0.319 e. The topological polar surface area (TPSA) is 28.2 Å². The normalized spacial score (nSPS) is 19.0. The molecule has 1 aliphatic rings. The average Bonchev–Trinajstić information content (AvgIpc) is 2.81. The summed E-state index contributed by atoms with van der Waals surface area (Å²) in [5.74, 6) is 0.799. The number of nitrogens with one attached hydrogen (secondary N) is 1. The molecule has 1 unspecified atom stereocenters. The van der Waals surface area contributed by atoms with Gasteiger partial charge in [0.15, 0.2) is 0 Å². The minimum Gasteiger partial charge on any atom is -0.319 e. The van der Waals surface area contributed by atoms with E-state index in [1.165, 1.54) is 35.6 Å². The number of fused-ring (bicyclic) bond motifs is 1. The highest BCUT2D eigenvalue weighted by Gasteiger charge is 2.20. The number of aromatic nitrogens is 1. The Bertz CT molecular complexity index is 511. The third-order valence-electron chi connectivity index (χ3n) is 3.79. The summed E-state index contributed by atoms with van der Waals surface area (Å²) >= 11 is 1.84. The molecule has 1 fully saturated rings. The highest BCUT2D eigenvalue weighted by Crippen LogP contribution is 2.24. The van der Waals surface area contributed by atoms with Gasteiger partial charge in [-0.3, -0.25) is 4.90 Å². The molecular weight excluding hydrogens is 325 g/mol. The number of rotatable bonds is 4. The monoisotopic (exact) mass is 347 g/mol. The van der Waals surface area contributed by atoms with Crippen LogP contribution in [-0.4, -0.2) is 36.6 Å². The Morgan fingerprint density at radius 1 is 1.33 bits per heavy atom. The van der Waals surface area contributed by atoms with E-state index in [1.54, 1.807) is 0 Å². The van der Waals surface area contributed by atoms with Crippen LogP contribution in [-0.2, 0) is 6.54 Å². The molecule has 0 spiro atoms. The van der Waals surface area contributed by atoms with Crippen molar-refractivity contribution in [3.05, 3.63) is 29.3 Å². The van der Waals surface area contributed by atoms with Gasteiger partial charge in [0.25, 0.3) is 0 Å². The SMILES string of the molecule is CNCC1CCCN(Cc2nc3ccccc3s2)C1.Cl.Cl. The quantitative estimate of drug-likeness (QED) is 0.916. The van der Waals surface area contributed by atoms with Crippen LogP contribution in [0.4, 0.5) is 0 Å². The van der Waals surface area contributed by atoms with Crippen LogP contribution in [0.1, 0.15) is 17.8 Å². The van der Waals surface area contributed by atoms with Crippen LogP contribution in [0.2, 0.25) is 0 Å². The number of halogens is 2. The molecule has 3 nitrogen and oxygen atoms in total. The number of hydrogen-bond acceptors (Lipinski definition) is 4. The van der Waals surface area contributed by atoms with Crippen LogP contribution >= 0.6 is 36.2 Å². The first-order chi connectivity index (χ1) is 9.35. The fourth-order valence-corrected chi connectivity index (χ4v) is 3.94. The Morgan fingerprint density at radius 2 is 2.14 bits per heavy atom. The molecule has 2 aromatic rings. The zero-order valence-corrected chi connectivity index (χ0v) is 14.7. The van der Waals surface area contributed by atoms with Crippen molar-refractivity contribution in [2.75, 3.05) is 26.7 Å². The Hall–Kier alpha value is -0.390. The van der Waals surface area contributed by atoms with E-state index < -0.39 is 0 Å². The molecule has 1 aromatic heterocycles. The standard InChI is InChI=1S/C15H21N3S.2ClH/c1-16-9-12-5-4-8-18(10-12)11-15-17-13-6-2-3-7-14(13)19-15;;/h2-3,6-7,12,16H,4-5,8-11H2,1H3;2*1H. The lowest BCUT2D eigenvalue weighted by Gasteiger charge is -2.31. The molecule has 1 aromatic carbocycles.